The van der Waals surface area contributed by atoms with Gasteiger partial charge in [0.1, 0.15) is 12.2 Å². The third-order valence-electron chi connectivity index (χ3n) is 1.87. The van der Waals surface area contributed by atoms with E-state index in [-0.39, 0.29) is 6.61 Å². The van der Waals surface area contributed by atoms with Crippen LogP contribution in [0.5, 0.6) is 0 Å². The number of carbonyl (C=O) groups excluding carboxylic acids is 1. The smallest absolute Gasteiger partial charge is 0.194 e. The zero-order valence-corrected chi connectivity index (χ0v) is 6.57. The van der Waals surface area contributed by atoms with Gasteiger partial charge in [-0.1, -0.05) is 0 Å². The summed E-state index contributed by atoms with van der Waals surface area (Å²) in [4.78, 5) is 11.0. The van der Waals surface area contributed by atoms with Crippen molar-refractivity contribution in [3.8, 4) is 0 Å². The van der Waals surface area contributed by atoms with Crippen molar-refractivity contribution in [2.75, 3.05) is 6.61 Å². The third-order valence-corrected chi connectivity index (χ3v) is 1.87. The summed E-state index contributed by atoms with van der Waals surface area (Å²) < 4.78 is 5.04. The molecule has 1 fully saturated rings. The first-order chi connectivity index (χ1) is 4.95. The number of rotatable bonds is 0. The monoisotopic (exact) mass is 160 g/mol. The second-order valence-corrected chi connectivity index (χ2v) is 3.24. The van der Waals surface area contributed by atoms with E-state index in [9.17, 15) is 9.90 Å². The van der Waals surface area contributed by atoms with Crippen molar-refractivity contribution in [3.63, 3.8) is 0 Å². The van der Waals surface area contributed by atoms with E-state index in [0.29, 0.717) is 0 Å². The molecule has 0 aliphatic carbocycles. The molecular formula is C7H12O4. The summed E-state index contributed by atoms with van der Waals surface area (Å²) in [6.45, 7) is 3.20. The highest BCUT2D eigenvalue weighted by atomic mass is 16.5. The van der Waals surface area contributed by atoms with Gasteiger partial charge in [-0.15, -0.1) is 0 Å². The van der Waals surface area contributed by atoms with Gasteiger partial charge in [0.25, 0.3) is 0 Å². The van der Waals surface area contributed by atoms with Crippen LogP contribution < -0.4 is 0 Å². The van der Waals surface area contributed by atoms with E-state index in [4.69, 9.17) is 9.84 Å². The Balaban J connectivity index is 2.75. The van der Waals surface area contributed by atoms with Gasteiger partial charge < -0.3 is 14.9 Å². The van der Waals surface area contributed by atoms with Crippen molar-refractivity contribution in [1.82, 2.24) is 0 Å². The van der Waals surface area contributed by atoms with Gasteiger partial charge in [0.15, 0.2) is 5.78 Å². The van der Waals surface area contributed by atoms with Gasteiger partial charge in [-0.25, -0.2) is 0 Å². The molecule has 4 heteroatoms. The van der Waals surface area contributed by atoms with Crippen LogP contribution in [0.15, 0.2) is 0 Å². The van der Waals surface area contributed by atoms with E-state index in [1.165, 1.54) is 0 Å². The molecule has 2 atom stereocenters. The van der Waals surface area contributed by atoms with E-state index < -0.39 is 23.6 Å². The van der Waals surface area contributed by atoms with Crippen molar-refractivity contribution < 1.29 is 19.7 Å². The third kappa shape index (κ3) is 1.42. The van der Waals surface area contributed by atoms with Crippen molar-refractivity contribution in [1.29, 1.82) is 0 Å². The van der Waals surface area contributed by atoms with Crippen molar-refractivity contribution in [2.24, 2.45) is 0 Å². The molecule has 1 heterocycles. The fourth-order valence-corrected chi connectivity index (χ4v) is 0.980. The maximum atomic E-state index is 11.0. The Labute approximate surface area is 64.8 Å². The molecule has 0 aromatic rings. The van der Waals surface area contributed by atoms with Gasteiger partial charge in [0.05, 0.1) is 12.2 Å². The molecule has 0 aromatic heterocycles. The second-order valence-electron chi connectivity index (χ2n) is 3.24. The van der Waals surface area contributed by atoms with E-state index >= 15 is 0 Å². The Hall–Kier alpha value is -0.450. The highest BCUT2D eigenvalue weighted by Crippen LogP contribution is 2.21. The van der Waals surface area contributed by atoms with Gasteiger partial charge in [-0.2, -0.15) is 0 Å². The first-order valence-corrected chi connectivity index (χ1v) is 3.49. The Bertz CT molecular complexity index is 175. The number of aliphatic hydroxyl groups excluding tert-OH is 2. The zero-order valence-electron chi connectivity index (χ0n) is 6.57. The van der Waals surface area contributed by atoms with Gasteiger partial charge in [-0.05, 0) is 13.8 Å². The molecule has 1 aliphatic heterocycles. The lowest BCUT2D eigenvalue weighted by atomic mass is 9.92. The maximum Gasteiger partial charge on any atom is 0.194 e. The van der Waals surface area contributed by atoms with Crippen LogP contribution in [0.3, 0.4) is 0 Å². The molecule has 0 aromatic carbocycles. The van der Waals surface area contributed by atoms with Crippen LogP contribution in [0.1, 0.15) is 13.8 Å². The largest absolute Gasteiger partial charge is 0.383 e. The summed E-state index contributed by atoms with van der Waals surface area (Å²) in [5.41, 5.74) is -0.865. The number of aliphatic hydroxyl groups is 2. The Morgan fingerprint density at radius 3 is 2.55 bits per heavy atom. The number of ketones is 1. The number of carbonyl (C=O) groups is 1. The minimum absolute atomic E-state index is 0.0249. The molecule has 1 rings (SSSR count). The molecule has 1 aliphatic rings. The number of ether oxygens (including phenoxy) is 1. The Morgan fingerprint density at radius 2 is 2.09 bits per heavy atom. The zero-order chi connectivity index (χ0) is 8.65. The average molecular weight is 160 g/mol. The highest BCUT2D eigenvalue weighted by molar-refractivity contribution is 5.88. The standard InChI is InChI=1S/C7H12O4/c1-7(2)6(10)5(9)4(8)3-11-7/h4,6,8,10H,3H2,1-2H3. The van der Waals surface area contributed by atoms with Gasteiger partial charge >= 0.3 is 0 Å². The molecule has 0 spiro atoms. The van der Waals surface area contributed by atoms with Crippen LogP contribution in [-0.4, -0.2) is 40.4 Å². The molecule has 2 unspecified atom stereocenters. The highest BCUT2D eigenvalue weighted by Gasteiger charge is 2.42. The lowest BCUT2D eigenvalue weighted by Gasteiger charge is -2.35. The molecule has 0 radical (unpaired) electrons. The van der Waals surface area contributed by atoms with Crippen LogP contribution in [0.2, 0.25) is 0 Å². The number of hydrogen-bond acceptors (Lipinski definition) is 4. The minimum atomic E-state index is -1.22. The first kappa shape index (κ1) is 8.64. The minimum Gasteiger partial charge on any atom is -0.383 e. The summed E-state index contributed by atoms with van der Waals surface area (Å²) >= 11 is 0. The van der Waals surface area contributed by atoms with Gasteiger partial charge in [0, 0.05) is 0 Å². The van der Waals surface area contributed by atoms with E-state index in [0.717, 1.165) is 0 Å². The van der Waals surface area contributed by atoms with Crippen LogP contribution in [-0.2, 0) is 9.53 Å². The normalized spacial score (nSPS) is 37.3. The fourth-order valence-electron chi connectivity index (χ4n) is 0.980. The topological polar surface area (TPSA) is 66.8 Å². The molecule has 11 heavy (non-hydrogen) atoms. The van der Waals surface area contributed by atoms with Crippen LogP contribution in [0.25, 0.3) is 0 Å². The lowest BCUT2D eigenvalue weighted by molar-refractivity contribution is -0.182. The predicted octanol–water partition coefficient (Wildman–Crippen LogP) is -0.914. The van der Waals surface area contributed by atoms with Crippen LogP contribution >= 0.6 is 0 Å². The molecular weight excluding hydrogens is 148 g/mol. The van der Waals surface area contributed by atoms with E-state index in [1.54, 1.807) is 13.8 Å². The first-order valence-electron chi connectivity index (χ1n) is 3.49. The molecule has 4 nitrogen and oxygen atoms in total. The van der Waals surface area contributed by atoms with Crippen LogP contribution in [0, 0.1) is 0 Å². The van der Waals surface area contributed by atoms with Crippen molar-refractivity contribution in [2.45, 2.75) is 31.7 Å². The fraction of sp³-hybridized carbons (Fsp3) is 0.857. The Morgan fingerprint density at radius 1 is 1.55 bits per heavy atom. The van der Waals surface area contributed by atoms with Crippen molar-refractivity contribution in [3.05, 3.63) is 0 Å². The van der Waals surface area contributed by atoms with Gasteiger partial charge in [0.2, 0.25) is 0 Å². The number of hydrogen-bond donors (Lipinski definition) is 2. The number of Topliss-reactive ketones (excluding diaryl/α,β-unsaturated/α-hetero) is 1. The molecule has 2 N–H and O–H groups in total. The quantitative estimate of drug-likeness (QED) is 0.481. The predicted molar refractivity (Wildman–Crippen MR) is 37.1 cm³/mol. The second kappa shape index (κ2) is 2.55. The van der Waals surface area contributed by atoms with E-state index in [2.05, 4.69) is 0 Å². The summed E-state index contributed by atoms with van der Waals surface area (Å²) in [7, 11) is 0. The lowest BCUT2D eigenvalue weighted by Crippen LogP contribution is -2.55. The summed E-state index contributed by atoms with van der Waals surface area (Å²) in [5.74, 6) is -0.554. The average Bonchev–Trinajstić information content (AvgIpc) is 1.95. The molecule has 0 amide bonds. The molecule has 0 bridgehead atoms. The SMILES string of the molecule is CC1(C)OCC(O)C(=O)C1O. The summed E-state index contributed by atoms with van der Waals surface area (Å²) in [6, 6.07) is 0. The molecule has 64 valence electrons. The van der Waals surface area contributed by atoms with E-state index in [1.807, 2.05) is 0 Å². The summed E-state index contributed by atoms with van der Waals surface area (Å²) in [6.07, 6.45) is -2.38. The Kier molecular flexibility index (Phi) is 2.00. The van der Waals surface area contributed by atoms with Crippen LogP contribution in [0.4, 0.5) is 0 Å². The maximum absolute atomic E-state index is 11.0. The molecule has 0 saturated carbocycles. The molecule has 1 saturated heterocycles. The summed E-state index contributed by atoms with van der Waals surface area (Å²) in [5, 5.41) is 18.2. The van der Waals surface area contributed by atoms with Crippen molar-refractivity contribution >= 4 is 5.78 Å². The van der Waals surface area contributed by atoms with Gasteiger partial charge in [-0.3, -0.25) is 4.79 Å².